The molecule has 3 aromatic rings. The predicted molar refractivity (Wildman–Crippen MR) is 72.4 cm³/mol. The quantitative estimate of drug-likeness (QED) is 0.744. The Morgan fingerprint density at radius 2 is 2.22 bits per heavy atom. The van der Waals surface area contributed by atoms with Gasteiger partial charge in [0.15, 0.2) is 0 Å². The van der Waals surface area contributed by atoms with Crippen LogP contribution in [0.2, 0.25) is 0 Å². The maximum absolute atomic E-state index is 9.92. The molecule has 0 aliphatic heterocycles. The smallest absolute Gasteiger partial charge is 0.137 e. The molecule has 0 bridgehead atoms. The fraction of sp³-hybridized carbons (Fsp3) is 0.231. The lowest BCUT2D eigenvalue weighted by Gasteiger charge is -2.12. The van der Waals surface area contributed by atoms with E-state index in [4.69, 9.17) is 0 Å². The second-order valence-electron chi connectivity index (χ2n) is 4.74. The van der Waals surface area contributed by atoms with Gasteiger partial charge >= 0.3 is 0 Å². The van der Waals surface area contributed by atoms with Crippen molar-refractivity contribution in [3.8, 4) is 11.3 Å². The maximum Gasteiger partial charge on any atom is 0.137 e. The highest BCUT2D eigenvalue weighted by Crippen LogP contribution is 2.29. The van der Waals surface area contributed by atoms with E-state index < -0.39 is 5.60 Å². The zero-order valence-electron chi connectivity index (χ0n) is 10.1. The van der Waals surface area contributed by atoms with Gasteiger partial charge in [-0.25, -0.2) is 9.97 Å². The Labute approximate surface area is 108 Å². The number of thiazole rings is 1. The Morgan fingerprint density at radius 1 is 1.39 bits per heavy atom. The van der Waals surface area contributed by atoms with Gasteiger partial charge < -0.3 is 10.1 Å². The topological polar surface area (TPSA) is 61.8 Å². The molecule has 3 aromatic heterocycles. The Kier molecular flexibility index (Phi) is 2.46. The molecule has 0 spiro atoms. The number of H-pyrrole nitrogens is 1. The molecule has 0 amide bonds. The number of hydrogen-bond donors (Lipinski definition) is 2. The van der Waals surface area contributed by atoms with E-state index in [9.17, 15) is 5.11 Å². The molecule has 0 fully saturated rings. The SMILES string of the molecule is CC(C)(O)c1nc(-c2cnc3[nH]ccc3c2)cs1. The predicted octanol–water partition coefficient (Wildman–Crippen LogP) is 2.91. The summed E-state index contributed by atoms with van der Waals surface area (Å²) in [6.07, 6.45) is 3.66. The van der Waals surface area contributed by atoms with E-state index in [0.717, 1.165) is 22.3 Å². The van der Waals surface area contributed by atoms with Gasteiger partial charge in [-0.3, -0.25) is 0 Å². The molecule has 2 N–H and O–H groups in total. The van der Waals surface area contributed by atoms with Crippen molar-refractivity contribution in [1.29, 1.82) is 0 Å². The van der Waals surface area contributed by atoms with Crippen LogP contribution in [-0.4, -0.2) is 20.1 Å². The summed E-state index contributed by atoms with van der Waals surface area (Å²) in [6.45, 7) is 3.48. The average Bonchev–Trinajstić information content (AvgIpc) is 2.96. The minimum Gasteiger partial charge on any atom is -0.383 e. The zero-order chi connectivity index (χ0) is 12.8. The molecule has 3 rings (SSSR count). The van der Waals surface area contributed by atoms with Gasteiger partial charge in [0.05, 0.1) is 5.69 Å². The molecule has 92 valence electrons. The zero-order valence-corrected chi connectivity index (χ0v) is 11.0. The largest absolute Gasteiger partial charge is 0.383 e. The van der Waals surface area contributed by atoms with E-state index in [1.807, 2.05) is 23.7 Å². The number of hydrogen-bond acceptors (Lipinski definition) is 4. The third kappa shape index (κ3) is 1.91. The van der Waals surface area contributed by atoms with Gasteiger partial charge in [-0.05, 0) is 26.0 Å². The number of nitrogens with zero attached hydrogens (tertiary/aromatic N) is 2. The summed E-state index contributed by atoms with van der Waals surface area (Å²) in [4.78, 5) is 11.9. The van der Waals surface area contributed by atoms with Crippen LogP contribution in [0.5, 0.6) is 0 Å². The van der Waals surface area contributed by atoms with Gasteiger partial charge in [0, 0.05) is 28.7 Å². The van der Waals surface area contributed by atoms with Crippen LogP contribution in [0.3, 0.4) is 0 Å². The summed E-state index contributed by atoms with van der Waals surface area (Å²) in [5, 5.41) is 13.6. The standard InChI is InChI=1S/C13H13N3OS/c1-13(2,17)12-16-10(7-18-12)9-5-8-3-4-14-11(8)15-6-9/h3-7,17H,1-2H3,(H,14,15). The van der Waals surface area contributed by atoms with E-state index in [2.05, 4.69) is 15.0 Å². The minimum atomic E-state index is -0.894. The van der Waals surface area contributed by atoms with Crippen molar-refractivity contribution in [2.75, 3.05) is 0 Å². The highest BCUT2D eigenvalue weighted by Gasteiger charge is 2.20. The van der Waals surface area contributed by atoms with Gasteiger partial charge in [-0.2, -0.15) is 0 Å². The number of aromatic amines is 1. The van der Waals surface area contributed by atoms with Crippen LogP contribution in [0, 0.1) is 0 Å². The third-order valence-electron chi connectivity index (χ3n) is 2.72. The Hall–Kier alpha value is -1.72. The van der Waals surface area contributed by atoms with Crippen LogP contribution < -0.4 is 0 Å². The third-order valence-corrected chi connectivity index (χ3v) is 3.88. The fourth-order valence-electron chi connectivity index (χ4n) is 1.77. The highest BCUT2D eigenvalue weighted by molar-refractivity contribution is 7.10. The second-order valence-corrected chi connectivity index (χ2v) is 5.59. The van der Waals surface area contributed by atoms with Gasteiger partial charge in [0.2, 0.25) is 0 Å². The summed E-state index contributed by atoms with van der Waals surface area (Å²) >= 11 is 1.46. The molecule has 0 radical (unpaired) electrons. The van der Waals surface area contributed by atoms with Gasteiger partial charge in [0.1, 0.15) is 16.3 Å². The van der Waals surface area contributed by atoms with Crippen molar-refractivity contribution < 1.29 is 5.11 Å². The first kappa shape index (κ1) is 11.4. The molecule has 4 nitrogen and oxygen atoms in total. The van der Waals surface area contributed by atoms with Crippen molar-refractivity contribution in [3.63, 3.8) is 0 Å². The van der Waals surface area contributed by atoms with E-state index >= 15 is 0 Å². The molecule has 0 unspecified atom stereocenters. The summed E-state index contributed by atoms with van der Waals surface area (Å²) < 4.78 is 0. The van der Waals surface area contributed by atoms with Gasteiger partial charge in [-0.15, -0.1) is 11.3 Å². The summed E-state index contributed by atoms with van der Waals surface area (Å²) in [5.41, 5.74) is 1.80. The Morgan fingerprint density at radius 3 is 2.94 bits per heavy atom. The molecule has 3 heterocycles. The first-order valence-corrected chi connectivity index (χ1v) is 6.54. The van der Waals surface area contributed by atoms with Crippen LogP contribution in [0.1, 0.15) is 18.9 Å². The number of aliphatic hydroxyl groups is 1. The lowest BCUT2D eigenvalue weighted by molar-refractivity contribution is 0.0783. The first-order valence-electron chi connectivity index (χ1n) is 5.66. The molecule has 0 aliphatic carbocycles. The van der Waals surface area contributed by atoms with Crippen molar-refractivity contribution in [2.45, 2.75) is 19.4 Å². The molecular formula is C13H13N3OS. The first-order chi connectivity index (χ1) is 8.54. The lowest BCUT2D eigenvalue weighted by Crippen LogP contribution is -2.14. The van der Waals surface area contributed by atoms with Gasteiger partial charge in [-0.1, -0.05) is 0 Å². The maximum atomic E-state index is 9.92. The molecule has 0 aromatic carbocycles. The van der Waals surface area contributed by atoms with E-state index in [-0.39, 0.29) is 0 Å². The van der Waals surface area contributed by atoms with E-state index in [1.54, 1.807) is 20.0 Å². The molecule has 0 saturated carbocycles. The summed E-state index contributed by atoms with van der Waals surface area (Å²) in [7, 11) is 0. The summed E-state index contributed by atoms with van der Waals surface area (Å²) in [6, 6.07) is 4.02. The molecule has 0 saturated heterocycles. The Bertz CT molecular complexity index is 693. The fourth-order valence-corrected chi connectivity index (χ4v) is 2.62. The number of nitrogens with one attached hydrogen (secondary N) is 1. The second kappa shape index (κ2) is 3.90. The molecule has 0 aliphatic rings. The molecular weight excluding hydrogens is 246 g/mol. The van der Waals surface area contributed by atoms with Crippen LogP contribution in [0.25, 0.3) is 22.3 Å². The summed E-state index contributed by atoms with van der Waals surface area (Å²) in [5.74, 6) is 0. The van der Waals surface area contributed by atoms with Crippen LogP contribution in [0.15, 0.2) is 29.9 Å². The lowest BCUT2D eigenvalue weighted by atomic mass is 10.1. The minimum absolute atomic E-state index is 0.715. The number of fused-ring (bicyclic) bond motifs is 1. The van der Waals surface area contributed by atoms with Crippen LogP contribution in [0.4, 0.5) is 0 Å². The van der Waals surface area contributed by atoms with Crippen LogP contribution in [-0.2, 0) is 5.60 Å². The normalized spacial score (nSPS) is 12.2. The highest BCUT2D eigenvalue weighted by atomic mass is 32.1. The molecule has 5 heteroatoms. The molecule has 0 atom stereocenters. The van der Waals surface area contributed by atoms with Crippen molar-refractivity contribution in [2.24, 2.45) is 0 Å². The molecule has 18 heavy (non-hydrogen) atoms. The van der Waals surface area contributed by atoms with Gasteiger partial charge in [0.25, 0.3) is 0 Å². The van der Waals surface area contributed by atoms with Crippen molar-refractivity contribution in [1.82, 2.24) is 15.0 Å². The number of aromatic nitrogens is 3. The number of rotatable bonds is 2. The van der Waals surface area contributed by atoms with E-state index in [0.29, 0.717) is 5.01 Å². The van der Waals surface area contributed by atoms with Crippen molar-refractivity contribution >= 4 is 22.4 Å². The van der Waals surface area contributed by atoms with Crippen molar-refractivity contribution in [3.05, 3.63) is 34.9 Å². The monoisotopic (exact) mass is 259 g/mol. The Balaban J connectivity index is 2.06. The van der Waals surface area contributed by atoms with E-state index in [1.165, 1.54) is 11.3 Å². The number of pyridine rings is 1. The average molecular weight is 259 g/mol. The van der Waals surface area contributed by atoms with Crippen LogP contribution >= 0.6 is 11.3 Å².